The Bertz CT molecular complexity index is 480. The highest BCUT2D eigenvalue weighted by Gasteiger charge is 2.54. The topological polar surface area (TPSA) is 41.5 Å². The SMILES string of the molecule is Cc1ccc(C=NNC(=O)C2C3CCCCC32)cc1. The van der Waals surface area contributed by atoms with E-state index in [0.717, 1.165) is 5.56 Å². The van der Waals surface area contributed by atoms with Gasteiger partial charge in [0.25, 0.3) is 0 Å². The summed E-state index contributed by atoms with van der Waals surface area (Å²) in [6.07, 6.45) is 6.74. The summed E-state index contributed by atoms with van der Waals surface area (Å²) in [5.41, 5.74) is 4.93. The van der Waals surface area contributed by atoms with Crippen molar-refractivity contribution in [2.45, 2.75) is 32.6 Å². The number of hydrogen-bond donors (Lipinski definition) is 1. The van der Waals surface area contributed by atoms with E-state index < -0.39 is 0 Å². The van der Waals surface area contributed by atoms with E-state index in [2.05, 4.69) is 17.5 Å². The molecule has 3 heteroatoms. The second kappa shape index (κ2) is 5.16. The zero-order valence-corrected chi connectivity index (χ0v) is 11.3. The lowest BCUT2D eigenvalue weighted by atomic mass is 10.0. The van der Waals surface area contributed by atoms with Gasteiger partial charge in [-0.3, -0.25) is 4.79 Å². The van der Waals surface area contributed by atoms with Crippen LogP contribution in [0.5, 0.6) is 0 Å². The summed E-state index contributed by atoms with van der Waals surface area (Å²) in [6, 6.07) is 8.08. The lowest BCUT2D eigenvalue weighted by Crippen LogP contribution is -2.20. The molecule has 3 rings (SSSR count). The normalized spacial score (nSPS) is 29.0. The fourth-order valence-electron chi connectivity index (χ4n) is 3.28. The van der Waals surface area contributed by atoms with Gasteiger partial charge in [0.15, 0.2) is 0 Å². The molecule has 1 amide bonds. The largest absolute Gasteiger partial charge is 0.273 e. The van der Waals surface area contributed by atoms with Crippen LogP contribution in [0, 0.1) is 24.7 Å². The van der Waals surface area contributed by atoms with Gasteiger partial charge in [0.05, 0.1) is 6.21 Å². The maximum Gasteiger partial charge on any atom is 0.243 e. The number of hydrogen-bond acceptors (Lipinski definition) is 2. The van der Waals surface area contributed by atoms with Gasteiger partial charge >= 0.3 is 0 Å². The summed E-state index contributed by atoms with van der Waals surface area (Å²) in [5, 5.41) is 4.07. The number of rotatable bonds is 3. The number of hydrazone groups is 1. The zero-order chi connectivity index (χ0) is 13.2. The molecule has 19 heavy (non-hydrogen) atoms. The van der Waals surface area contributed by atoms with Crippen LogP contribution in [0.1, 0.15) is 36.8 Å². The summed E-state index contributed by atoms with van der Waals surface area (Å²) in [6.45, 7) is 2.05. The number of carbonyl (C=O) groups is 1. The molecule has 2 fully saturated rings. The van der Waals surface area contributed by atoms with Crippen LogP contribution in [0.15, 0.2) is 29.4 Å². The smallest absolute Gasteiger partial charge is 0.243 e. The molecule has 3 nitrogen and oxygen atoms in total. The first-order chi connectivity index (χ1) is 9.25. The number of carbonyl (C=O) groups excluding carboxylic acids is 1. The van der Waals surface area contributed by atoms with E-state index in [1.54, 1.807) is 6.21 Å². The molecule has 1 aromatic carbocycles. The molecule has 0 radical (unpaired) electrons. The zero-order valence-electron chi connectivity index (χ0n) is 11.3. The minimum atomic E-state index is 0.111. The van der Waals surface area contributed by atoms with Crippen LogP contribution < -0.4 is 5.43 Å². The van der Waals surface area contributed by atoms with Crippen molar-refractivity contribution in [3.63, 3.8) is 0 Å². The lowest BCUT2D eigenvalue weighted by molar-refractivity contribution is -0.122. The Labute approximate surface area is 114 Å². The molecule has 0 aliphatic heterocycles. The van der Waals surface area contributed by atoms with Crippen molar-refractivity contribution >= 4 is 12.1 Å². The highest BCUT2D eigenvalue weighted by molar-refractivity contribution is 5.85. The van der Waals surface area contributed by atoms with Gasteiger partial charge in [0.1, 0.15) is 0 Å². The molecule has 2 atom stereocenters. The van der Waals surface area contributed by atoms with E-state index >= 15 is 0 Å². The lowest BCUT2D eigenvalue weighted by Gasteiger charge is -2.04. The Hall–Kier alpha value is -1.64. The van der Waals surface area contributed by atoms with Gasteiger partial charge in [-0.2, -0.15) is 5.10 Å². The molecule has 0 saturated heterocycles. The van der Waals surface area contributed by atoms with Gasteiger partial charge in [-0.15, -0.1) is 0 Å². The van der Waals surface area contributed by atoms with Gasteiger partial charge in [0.2, 0.25) is 5.91 Å². The van der Waals surface area contributed by atoms with E-state index in [1.807, 2.05) is 24.3 Å². The van der Waals surface area contributed by atoms with Crippen LogP contribution in [0.25, 0.3) is 0 Å². The molecule has 0 aromatic heterocycles. The number of benzene rings is 1. The fraction of sp³-hybridized carbons (Fsp3) is 0.500. The molecular formula is C16H20N2O. The van der Waals surface area contributed by atoms with Gasteiger partial charge in [-0.25, -0.2) is 5.43 Å². The molecule has 2 saturated carbocycles. The third kappa shape index (κ3) is 2.70. The van der Waals surface area contributed by atoms with E-state index in [9.17, 15) is 4.79 Å². The number of amides is 1. The summed E-state index contributed by atoms with van der Waals surface area (Å²) in [7, 11) is 0. The molecule has 0 heterocycles. The Balaban J connectivity index is 1.52. The third-order valence-corrected chi connectivity index (χ3v) is 4.42. The van der Waals surface area contributed by atoms with Gasteiger partial charge in [-0.05, 0) is 37.2 Å². The first kappa shape index (κ1) is 12.4. The Morgan fingerprint density at radius 2 is 1.84 bits per heavy atom. The highest BCUT2D eigenvalue weighted by Crippen LogP contribution is 2.55. The average Bonchev–Trinajstić information content (AvgIpc) is 3.15. The molecule has 1 N–H and O–H groups in total. The Kier molecular flexibility index (Phi) is 3.36. The van der Waals surface area contributed by atoms with Gasteiger partial charge in [-0.1, -0.05) is 42.7 Å². The first-order valence-electron chi connectivity index (χ1n) is 7.15. The summed E-state index contributed by atoms with van der Waals surface area (Å²) in [4.78, 5) is 12.0. The molecule has 1 aromatic rings. The van der Waals surface area contributed by atoms with Crippen molar-refractivity contribution in [1.82, 2.24) is 5.43 Å². The summed E-state index contributed by atoms with van der Waals surface area (Å²) < 4.78 is 0. The summed E-state index contributed by atoms with van der Waals surface area (Å²) >= 11 is 0. The molecule has 2 aliphatic rings. The minimum absolute atomic E-state index is 0.111. The van der Waals surface area contributed by atoms with E-state index in [0.29, 0.717) is 11.8 Å². The fourth-order valence-corrected chi connectivity index (χ4v) is 3.28. The van der Waals surface area contributed by atoms with Crippen LogP contribution in [0.3, 0.4) is 0 Å². The molecular weight excluding hydrogens is 236 g/mol. The van der Waals surface area contributed by atoms with Gasteiger partial charge < -0.3 is 0 Å². The van der Waals surface area contributed by atoms with E-state index in [-0.39, 0.29) is 11.8 Å². The van der Waals surface area contributed by atoms with Crippen molar-refractivity contribution in [3.8, 4) is 0 Å². The molecule has 0 spiro atoms. The number of aryl methyl sites for hydroxylation is 1. The maximum atomic E-state index is 12.0. The monoisotopic (exact) mass is 256 g/mol. The third-order valence-electron chi connectivity index (χ3n) is 4.42. The van der Waals surface area contributed by atoms with Crippen LogP contribution in [0.4, 0.5) is 0 Å². The van der Waals surface area contributed by atoms with Crippen molar-refractivity contribution < 1.29 is 4.79 Å². The van der Waals surface area contributed by atoms with Crippen LogP contribution in [-0.2, 0) is 4.79 Å². The Morgan fingerprint density at radius 3 is 2.47 bits per heavy atom. The van der Waals surface area contributed by atoms with E-state index in [4.69, 9.17) is 0 Å². The van der Waals surface area contributed by atoms with Crippen molar-refractivity contribution in [2.75, 3.05) is 0 Å². The van der Waals surface area contributed by atoms with Crippen LogP contribution >= 0.6 is 0 Å². The standard InChI is InChI=1S/C16H20N2O/c1-11-6-8-12(9-7-11)10-17-18-16(19)15-13-4-2-3-5-14(13)15/h6-10,13-15H,2-5H2,1H3,(H,18,19). The maximum absolute atomic E-state index is 12.0. The van der Waals surface area contributed by atoms with Crippen LogP contribution in [-0.4, -0.2) is 12.1 Å². The second-order valence-corrected chi connectivity index (χ2v) is 5.78. The number of fused-ring (bicyclic) bond motifs is 1. The molecule has 100 valence electrons. The number of nitrogens with one attached hydrogen (secondary N) is 1. The predicted octanol–water partition coefficient (Wildman–Crippen LogP) is 2.88. The quantitative estimate of drug-likeness (QED) is 0.655. The predicted molar refractivity (Wildman–Crippen MR) is 75.9 cm³/mol. The number of nitrogens with zero attached hydrogens (tertiary/aromatic N) is 1. The van der Waals surface area contributed by atoms with E-state index in [1.165, 1.54) is 31.2 Å². The second-order valence-electron chi connectivity index (χ2n) is 5.78. The first-order valence-corrected chi connectivity index (χ1v) is 7.15. The average molecular weight is 256 g/mol. The van der Waals surface area contributed by atoms with Crippen LogP contribution in [0.2, 0.25) is 0 Å². The highest BCUT2D eigenvalue weighted by atomic mass is 16.2. The molecule has 0 bridgehead atoms. The van der Waals surface area contributed by atoms with Gasteiger partial charge in [0, 0.05) is 5.92 Å². The summed E-state index contributed by atoms with van der Waals surface area (Å²) in [5.74, 6) is 1.63. The minimum Gasteiger partial charge on any atom is -0.273 e. The molecule has 2 aliphatic carbocycles. The van der Waals surface area contributed by atoms with Crippen molar-refractivity contribution in [1.29, 1.82) is 0 Å². The van der Waals surface area contributed by atoms with Crippen molar-refractivity contribution in [3.05, 3.63) is 35.4 Å². The Morgan fingerprint density at radius 1 is 1.21 bits per heavy atom. The molecule has 2 unspecified atom stereocenters. The van der Waals surface area contributed by atoms with Crippen molar-refractivity contribution in [2.24, 2.45) is 22.9 Å².